The third kappa shape index (κ3) is 4.68. The number of ether oxygens (including phenoxy) is 1. The van der Waals surface area contributed by atoms with E-state index in [-0.39, 0.29) is 11.7 Å². The summed E-state index contributed by atoms with van der Waals surface area (Å²) in [6, 6.07) is 16.4. The molecule has 1 heterocycles. The summed E-state index contributed by atoms with van der Waals surface area (Å²) in [7, 11) is 1.91. The standard InChI is InChI=1S/C25H28N2O4/c1-16(26-24(30)25(2,3)4)23(29)31-15-20(28)21-18-13-9-10-14-19(18)27(5)22(21)17-11-7-6-8-12-17/h6-14,16H,15H2,1-5H3,(H,26,30). The first kappa shape index (κ1) is 22.3. The van der Waals surface area contributed by atoms with E-state index in [1.165, 1.54) is 0 Å². The number of rotatable bonds is 6. The summed E-state index contributed by atoms with van der Waals surface area (Å²) in [6.07, 6.45) is 0. The van der Waals surface area contributed by atoms with Gasteiger partial charge in [0.2, 0.25) is 11.7 Å². The van der Waals surface area contributed by atoms with Gasteiger partial charge >= 0.3 is 5.97 Å². The smallest absolute Gasteiger partial charge is 0.328 e. The first-order valence-corrected chi connectivity index (χ1v) is 10.2. The second-order valence-electron chi connectivity index (χ2n) is 8.64. The molecule has 1 aromatic heterocycles. The van der Waals surface area contributed by atoms with Crippen LogP contribution in [0.5, 0.6) is 0 Å². The first-order valence-electron chi connectivity index (χ1n) is 10.2. The number of Topliss-reactive ketones (excluding diaryl/α,β-unsaturated/α-hetero) is 1. The van der Waals surface area contributed by atoms with Crippen molar-refractivity contribution < 1.29 is 19.1 Å². The molecule has 1 amide bonds. The Morgan fingerprint density at radius 2 is 1.61 bits per heavy atom. The van der Waals surface area contributed by atoms with Gasteiger partial charge in [0.1, 0.15) is 6.04 Å². The van der Waals surface area contributed by atoms with Crippen LogP contribution in [0.2, 0.25) is 0 Å². The highest BCUT2D eigenvalue weighted by Gasteiger charge is 2.27. The van der Waals surface area contributed by atoms with Gasteiger partial charge in [-0.15, -0.1) is 0 Å². The second kappa shape index (κ2) is 8.76. The molecule has 0 saturated heterocycles. The van der Waals surface area contributed by atoms with Crippen LogP contribution in [0.25, 0.3) is 22.2 Å². The van der Waals surface area contributed by atoms with Crippen molar-refractivity contribution in [2.75, 3.05) is 6.61 Å². The lowest BCUT2D eigenvalue weighted by molar-refractivity contribution is -0.147. The molecule has 0 aliphatic rings. The van der Waals surface area contributed by atoms with Gasteiger partial charge in [-0.25, -0.2) is 4.79 Å². The summed E-state index contributed by atoms with van der Waals surface area (Å²) in [6.45, 7) is 6.42. The average Bonchev–Trinajstić information content (AvgIpc) is 3.04. The predicted molar refractivity (Wildman–Crippen MR) is 121 cm³/mol. The molecular weight excluding hydrogens is 392 g/mol. The fourth-order valence-electron chi connectivity index (χ4n) is 3.42. The van der Waals surface area contributed by atoms with Gasteiger partial charge in [-0.1, -0.05) is 69.3 Å². The molecule has 0 fully saturated rings. The zero-order chi connectivity index (χ0) is 22.8. The van der Waals surface area contributed by atoms with Crippen LogP contribution < -0.4 is 5.32 Å². The maximum atomic E-state index is 13.2. The number of benzene rings is 2. The third-order valence-electron chi connectivity index (χ3n) is 5.16. The number of amides is 1. The van der Waals surface area contributed by atoms with Crippen LogP contribution in [0.3, 0.4) is 0 Å². The minimum atomic E-state index is -0.847. The van der Waals surface area contributed by atoms with Crippen LogP contribution in [0.1, 0.15) is 38.1 Å². The van der Waals surface area contributed by atoms with E-state index in [1.54, 1.807) is 27.7 Å². The van der Waals surface area contributed by atoms with Crippen molar-refractivity contribution in [1.82, 2.24) is 9.88 Å². The average molecular weight is 421 g/mol. The van der Waals surface area contributed by atoms with Crippen molar-refractivity contribution in [3.63, 3.8) is 0 Å². The molecule has 0 saturated carbocycles. The summed E-state index contributed by atoms with van der Waals surface area (Å²) >= 11 is 0. The van der Waals surface area contributed by atoms with Gasteiger partial charge in [0.05, 0.1) is 11.3 Å². The zero-order valence-corrected chi connectivity index (χ0v) is 18.6. The largest absolute Gasteiger partial charge is 0.456 e. The van der Waals surface area contributed by atoms with Gasteiger partial charge in [-0.3, -0.25) is 9.59 Å². The molecule has 0 bridgehead atoms. The Labute approximate surface area is 182 Å². The van der Waals surface area contributed by atoms with Crippen molar-refractivity contribution in [1.29, 1.82) is 0 Å². The summed E-state index contributed by atoms with van der Waals surface area (Å²) in [4.78, 5) is 37.7. The number of esters is 1. The molecule has 6 nitrogen and oxygen atoms in total. The zero-order valence-electron chi connectivity index (χ0n) is 18.6. The number of para-hydroxylation sites is 1. The Morgan fingerprint density at radius 1 is 1.00 bits per heavy atom. The molecule has 6 heteroatoms. The molecule has 1 N–H and O–H groups in total. The summed E-state index contributed by atoms with van der Waals surface area (Å²) in [5.41, 5.74) is 2.49. The van der Waals surface area contributed by atoms with E-state index in [2.05, 4.69) is 5.32 Å². The highest BCUT2D eigenvalue weighted by atomic mass is 16.5. The van der Waals surface area contributed by atoms with Crippen molar-refractivity contribution in [2.45, 2.75) is 33.7 Å². The number of aryl methyl sites for hydroxylation is 1. The van der Waals surface area contributed by atoms with Crippen molar-refractivity contribution >= 4 is 28.6 Å². The first-order chi connectivity index (χ1) is 14.6. The summed E-state index contributed by atoms with van der Waals surface area (Å²) in [5.74, 6) is -1.20. The molecule has 1 atom stereocenters. The SMILES string of the molecule is CC(NC(=O)C(C)(C)C)C(=O)OCC(=O)c1c(-c2ccccc2)n(C)c2ccccc12. The number of carbonyl (C=O) groups is 3. The highest BCUT2D eigenvalue weighted by Crippen LogP contribution is 2.33. The maximum Gasteiger partial charge on any atom is 0.328 e. The van der Waals surface area contributed by atoms with Gasteiger partial charge < -0.3 is 14.6 Å². The van der Waals surface area contributed by atoms with E-state index in [9.17, 15) is 14.4 Å². The van der Waals surface area contributed by atoms with Crippen molar-refractivity contribution in [2.24, 2.45) is 12.5 Å². The Hall–Kier alpha value is -3.41. The van der Waals surface area contributed by atoms with Crippen LogP contribution in [0.4, 0.5) is 0 Å². The quantitative estimate of drug-likeness (QED) is 0.481. The molecule has 3 rings (SSSR count). The van der Waals surface area contributed by atoms with Crippen LogP contribution in [-0.2, 0) is 21.4 Å². The number of nitrogens with one attached hydrogen (secondary N) is 1. The Morgan fingerprint density at radius 3 is 2.26 bits per heavy atom. The molecule has 0 spiro atoms. The molecule has 3 aromatic rings. The van der Waals surface area contributed by atoms with E-state index in [0.29, 0.717) is 5.56 Å². The molecule has 31 heavy (non-hydrogen) atoms. The summed E-state index contributed by atoms with van der Waals surface area (Å²) in [5, 5.41) is 3.43. The minimum Gasteiger partial charge on any atom is -0.456 e. The number of nitrogens with zero attached hydrogens (tertiary/aromatic N) is 1. The van der Waals surface area contributed by atoms with E-state index >= 15 is 0 Å². The lowest BCUT2D eigenvalue weighted by Crippen LogP contribution is -2.45. The maximum absolute atomic E-state index is 13.2. The van der Waals surface area contributed by atoms with Crippen LogP contribution in [-0.4, -0.2) is 34.9 Å². The molecule has 0 aliphatic heterocycles. The van der Waals surface area contributed by atoms with Gasteiger partial charge in [-0.2, -0.15) is 0 Å². The number of fused-ring (bicyclic) bond motifs is 1. The van der Waals surface area contributed by atoms with Gasteiger partial charge in [0, 0.05) is 23.4 Å². The lowest BCUT2D eigenvalue weighted by Gasteiger charge is -2.20. The number of hydrogen-bond donors (Lipinski definition) is 1. The van der Waals surface area contributed by atoms with Crippen LogP contribution in [0, 0.1) is 5.41 Å². The van der Waals surface area contributed by atoms with Gasteiger partial charge in [0.15, 0.2) is 6.61 Å². The highest BCUT2D eigenvalue weighted by molar-refractivity contribution is 6.14. The molecular formula is C25H28N2O4. The molecule has 1 unspecified atom stereocenters. The number of ketones is 1. The second-order valence-corrected chi connectivity index (χ2v) is 8.64. The Kier molecular flexibility index (Phi) is 6.29. The van der Waals surface area contributed by atoms with Crippen molar-refractivity contribution in [3.8, 4) is 11.3 Å². The minimum absolute atomic E-state index is 0.260. The number of aromatic nitrogens is 1. The molecule has 162 valence electrons. The number of hydrogen-bond acceptors (Lipinski definition) is 4. The monoisotopic (exact) mass is 420 g/mol. The fourth-order valence-corrected chi connectivity index (χ4v) is 3.42. The topological polar surface area (TPSA) is 77.4 Å². The van der Waals surface area contributed by atoms with Crippen molar-refractivity contribution in [3.05, 3.63) is 60.2 Å². The fraction of sp³-hybridized carbons (Fsp3) is 0.320. The summed E-state index contributed by atoms with van der Waals surface area (Å²) < 4.78 is 7.25. The van der Waals surface area contributed by atoms with E-state index < -0.39 is 24.0 Å². The normalized spacial score (nSPS) is 12.4. The third-order valence-corrected chi connectivity index (χ3v) is 5.16. The van der Waals surface area contributed by atoms with E-state index in [1.807, 2.05) is 66.2 Å². The van der Waals surface area contributed by atoms with E-state index in [0.717, 1.165) is 22.2 Å². The Bertz CT molecular complexity index is 1120. The lowest BCUT2D eigenvalue weighted by atomic mass is 9.95. The van der Waals surface area contributed by atoms with Crippen LogP contribution in [0.15, 0.2) is 54.6 Å². The number of carbonyl (C=O) groups excluding carboxylic acids is 3. The molecule has 2 aromatic carbocycles. The van der Waals surface area contributed by atoms with E-state index in [4.69, 9.17) is 4.74 Å². The molecule has 0 aliphatic carbocycles. The Balaban J connectivity index is 1.85. The van der Waals surface area contributed by atoms with Gasteiger partial charge in [-0.05, 0) is 18.6 Å². The molecule has 0 radical (unpaired) electrons. The van der Waals surface area contributed by atoms with Gasteiger partial charge in [0.25, 0.3) is 0 Å². The predicted octanol–water partition coefficient (Wildman–Crippen LogP) is 4.12. The van der Waals surface area contributed by atoms with Crippen LogP contribution >= 0.6 is 0 Å².